The van der Waals surface area contributed by atoms with Crippen LogP contribution >= 0.6 is 34.8 Å². The molecule has 2 aromatic rings. The fourth-order valence-corrected chi connectivity index (χ4v) is 2.40. The smallest absolute Gasteiger partial charge is 0.113 e. The minimum Gasteiger partial charge on any atom is -0.396 e. The van der Waals surface area contributed by atoms with E-state index < -0.39 is 0 Å². The number of pyridine rings is 1. The topological polar surface area (TPSA) is 62.8 Å². The molecule has 2 rings (SSSR count). The van der Waals surface area contributed by atoms with Gasteiger partial charge in [0.15, 0.2) is 0 Å². The first-order chi connectivity index (χ1) is 8.90. The number of nitrogens with zero attached hydrogens (tertiary/aromatic N) is 1. The van der Waals surface area contributed by atoms with Crippen molar-refractivity contribution in [1.82, 2.24) is 4.98 Å². The van der Waals surface area contributed by atoms with Gasteiger partial charge in [0.05, 0.1) is 21.4 Å². The SMILES string of the molecule is Cc1cc(Cl)c(N)c(C(=N)c2ccc(Cl)cc2Cl)n1. The molecule has 0 saturated heterocycles. The molecule has 0 spiro atoms. The molecule has 1 aromatic carbocycles. The number of aromatic nitrogens is 1. The first kappa shape index (κ1) is 14.1. The minimum absolute atomic E-state index is 0.116. The van der Waals surface area contributed by atoms with E-state index in [9.17, 15) is 0 Å². The summed E-state index contributed by atoms with van der Waals surface area (Å²) in [5.74, 6) is 0. The van der Waals surface area contributed by atoms with E-state index in [2.05, 4.69) is 4.98 Å². The Morgan fingerprint density at radius 2 is 1.84 bits per heavy atom. The average molecular weight is 315 g/mol. The predicted molar refractivity (Wildman–Crippen MR) is 80.8 cm³/mol. The number of anilines is 1. The van der Waals surface area contributed by atoms with Crippen molar-refractivity contribution in [1.29, 1.82) is 5.41 Å². The molecule has 0 radical (unpaired) electrons. The lowest BCUT2D eigenvalue weighted by atomic mass is 10.1. The first-order valence-corrected chi connectivity index (χ1v) is 6.50. The van der Waals surface area contributed by atoms with E-state index in [4.69, 9.17) is 45.9 Å². The van der Waals surface area contributed by atoms with Crippen LogP contribution < -0.4 is 5.73 Å². The van der Waals surface area contributed by atoms with Gasteiger partial charge in [0.1, 0.15) is 5.69 Å². The molecule has 3 nitrogen and oxygen atoms in total. The number of rotatable bonds is 2. The van der Waals surface area contributed by atoms with Gasteiger partial charge in [-0.2, -0.15) is 0 Å². The molecule has 0 bridgehead atoms. The summed E-state index contributed by atoms with van der Waals surface area (Å²) < 4.78 is 0. The summed E-state index contributed by atoms with van der Waals surface area (Å²) in [6, 6.07) is 6.53. The van der Waals surface area contributed by atoms with Crippen molar-refractivity contribution in [2.45, 2.75) is 6.92 Å². The van der Waals surface area contributed by atoms with Gasteiger partial charge in [-0.25, -0.2) is 4.98 Å². The molecular weight excluding hydrogens is 305 g/mol. The number of nitrogen functional groups attached to an aromatic ring is 1. The van der Waals surface area contributed by atoms with Crippen LogP contribution in [0.25, 0.3) is 0 Å². The van der Waals surface area contributed by atoms with Crippen LogP contribution in [0.2, 0.25) is 15.1 Å². The molecule has 0 unspecified atom stereocenters. The first-order valence-electron chi connectivity index (χ1n) is 5.37. The third kappa shape index (κ3) is 2.84. The summed E-state index contributed by atoms with van der Waals surface area (Å²) in [6.45, 7) is 1.78. The summed E-state index contributed by atoms with van der Waals surface area (Å²) >= 11 is 17.9. The Labute approximate surface area is 125 Å². The quantitative estimate of drug-likeness (QED) is 0.809. The van der Waals surface area contributed by atoms with Crippen molar-refractivity contribution in [2.24, 2.45) is 0 Å². The molecule has 0 saturated carbocycles. The Morgan fingerprint density at radius 3 is 2.47 bits per heavy atom. The van der Waals surface area contributed by atoms with E-state index in [1.807, 2.05) is 0 Å². The fraction of sp³-hybridized carbons (Fsp3) is 0.0769. The Hall–Kier alpha value is -1.29. The molecule has 1 heterocycles. The van der Waals surface area contributed by atoms with Crippen LogP contribution in [0.4, 0.5) is 5.69 Å². The van der Waals surface area contributed by atoms with Crippen LogP contribution in [0, 0.1) is 12.3 Å². The number of halogens is 3. The van der Waals surface area contributed by atoms with Gasteiger partial charge in [-0.05, 0) is 31.2 Å². The van der Waals surface area contributed by atoms with Crippen molar-refractivity contribution in [3.05, 3.63) is 56.3 Å². The molecular formula is C13H10Cl3N3. The lowest BCUT2D eigenvalue weighted by molar-refractivity contribution is 1.18. The van der Waals surface area contributed by atoms with E-state index in [-0.39, 0.29) is 11.4 Å². The third-order valence-corrected chi connectivity index (χ3v) is 3.43. The van der Waals surface area contributed by atoms with Gasteiger partial charge < -0.3 is 5.73 Å². The molecule has 0 aliphatic heterocycles. The van der Waals surface area contributed by atoms with Crippen LogP contribution in [0.3, 0.4) is 0 Å². The van der Waals surface area contributed by atoms with Gasteiger partial charge in [-0.15, -0.1) is 0 Å². The van der Waals surface area contributed by atoms with E-state index in [1.54, 1.807) is 31.2 Å². The molecule has 19 heavy (non-hydrogen) atoms. The van der Waals surface area contributed by atoms with E-state index in [0.717, 1.165) is 0 Å². The lowest BCUT2D eigenvalue weighted by Crippen LogP contribution is -2.10. The predicted octanol–water partition coefficient (Wildman–Crippen LogP) is 4.35. The van der Waals surface area contributed by atoms with Crippen molar-refractivity contribution in [3.8, 4) is 0 Å². The van der Waals surface area contributed by atoms with Gasteiger partial charge in [-0.1, -0.05) is 34.8 Å². The Bertz CT molecular complexity index is 668. The molecule has 98 valence electrons. The third-order valence-electron chi connectivity index (χ3n) is 2.57. The van der Waals surface area contributed by atoms with Crippen LogP contribution in [0.5, 0.6) is 0 Å². The molecule has 0 aliphatic carbocycles. The van der Waals surface area contributed by atoms with Gasteiger partial charge in [0.25, 0.3) is 0 Å². The maximum Gasteiger partial charge on any atom is 0.113 e. The number of benzene rings is 1. The van der Waals surface area contributed by atoms with Crippen molar-refractivity contribution in [2.75, 3.05) is 5.73 Å². The highest BCUT2D eigenvalue weighted by atomic mass is 35.5. The minimum atomic E-state index is 0.116. The van der Waals surface area contributed by atoms with Crippen LogP contribution in [0.15, 0.2) is 24.3 Å². The fourth-order valence-electron chi connectivity index (χ4n) is 1.65. The van der Waals surface area contributed by atoms with E-state index in [0.29, 0.717) is 32.0 Å². The zero-order valence-electron chi connectivity index (χ0n) is 9.97. The molecule has 0 aliphatic rings. The molecule has 6 heteroatoms. The number of hydrogen-bond donors (Lipinski definition) is 2. The normalized spacial score (nSPS) is 10.5. The largest absolute Gasteiger partial charge is 0.396 e. The standard InChI is InChI=1S/C13H10Cl3N3/c1-6-4-10(16)12(18)13(19-6)11(17)8-3-2-7(14)5-9(8)15/h2-5,17H,18H2,1H3. The highest BCUT2D eigenvalue weighted by molar-refractivity contribution is 6.38. The molecule has 0 atom stereocenters. The van der Waals surface area contributed by atoms with Gasteiger partial charge in [-0.3, -0.25) is 5.41 Å². The number of nitrogens with two attached hydrogens (primary N) is 1. The molecule has 3 N–H and O–H groups in total. The summed E-state index contributed by atoms with van der Waals surface area (Å²) in [4.78, 5) is 4.25. The zero-order chi connectivity index (χ0) is 14.2. The number of nitrogens with one attached hydrogen (secondary N) is 1. The van der Waals surface area contributed by atoms with Crippen molar-refractivity contribution >= 4 is 46.2 Å². The molecule has 1 aromatic heterocycles. The van der Waals surface area contributed by atoms with Gasteiger partial charge in [0, 0.05) is 16.3 Å². The zero-order valence-corrected chi connectivity index (χ0v) is 12.2. The maximum absolute atomic E-state index is 8.19. The van der Waals surface area contributed by atoms with Gasteiger partial charge >= 0.3 is 0 Å². The van der Waals surface area contributed by atoms with Crippen LogP contribution in [-0.2, 0) is 0 Å². The number of aryl methyl sites for hydroxylation is 1. The Balaban J connectivity index is 2.56. The second kappa shape index (κ2) is 5.37. The summed E-state index contributed by atoms with van der Waals surface area (Å²) in [5.41, 5.74) is 7.75. The Kier molecular flexibility index (Phi) is 3.99. The van der Waals surface area contributed by atoms with E-state index in [1.165, 1.54) is 0 Å². The highest BCUT2D eigenvalue weighted by Gasteiger charge is 2.16. The van der Waals surface area contributed by atoms with Gasteiger partial charge in [0.2, 0.25) is 0 Å². The van der Waals surface area contributed by atoms with Crippen molar-refractivity contribution < 1.29 is 0 Å². The highest BCUT2D eigenvalue weighted by Crippen LogP contribution is 2.28. The average Bonchev–Trinajstić information content (AvgIpc) is 2.33. The second-order valence-corrected chi connectivity index (χ2v) is 5.26. The summed E-state index contributed by atoms with van der Waals surface area (Å²) in [6.07, 6.45) is 0. The monoisotopic (exact) mass is 313 g/mol. The van der Waals surface area contributed by atoms with E-state index >= 15 is 0 Å². The Morgan fingerprint density at radius 1 is 1.16 bits per heavy atom. The molecule has 0 fully saturated rings. The molecule has 0 amide bonds. The van der Waals surface area contributed by atoms with Crippen LogP contribution in [-0.4, -0.2) is 10.7 Å². The lowest BCUT2D eigenvalue weighted by Gasteiger charge is -2.11. The number of hydrogen-bond acceptors (Lipinski definition) is 3. The van der Waals surface area contributed by atoms with Crippen LogP contribution in [0.1, 0.15) is 17.0 Å². The second-order valence-electron chi connectivity index (χ2n) is 4.01. The maximum atomic E-state index is 8.19. The van der Waals surface area contributed by atoms with Crippen molar-refractivity contribution in [3.63, 3.8) is 0 Å². The summed E-state index contributed by atoms with van der Waals surface area (Å²) in [7, 11) is 0. The summed E-state index contributed by atoms with van der Waals surface area (Å²) in [5, 5.41) is 9.44.